The van der Waals surface area contributed by atoms with E-state index in [9.17, 15) is 9.59 Å². The van der Waals surface area contributed by atoms with Gasteiger partial charge in [0, 0.05) is 18.8 Å². The van der Waals surface area contributed by atoms with Crippen LogP contribution in [0.25, 0.3) is 0 Å². The van der Waals surface area contributed by atoms with Gasteiger partial charge in [0.15, 0.2) is 0 Å². The number of carboxylic acids is 1. The number of carbonyl (C=O) groups excluding carboxylic acids is 1. The van der Waals surface area contributed by atoms with Gasteiger partial charge < -0.3 is 15.3 Å². The lowest BCUT2D eigenvalue weighted by Crippen LogP contribution is -2.45. The van der Waals surface area contributed by atoms with E-state index < -0.39 is 5.97 Å². The fourth-order valence-corrected chi connectivity index (χ4v) is 2.06. The molecule has 6 nitrogen and oxygen atoms in total. The Bertz CT molecular complexity index is 451. The van der Waals surface area contributed by atoms with Crippen molar-refractivity contribution in [1.29, 1.82) is 0 Å². The van der Waals surface area contributed by atoms with Crippen molar-refractivity contribution < 1.29 is 14.7 Å². The van der Waals surface area contributed by atoms with Crippen LogP contribution >= 0.6 is 0 Å². The molecule has 1 rings (SSSR count). The highest BCUT2D eigenvalue weighted by Crippen LogP contribution is 2.06. The van der Waals surface area contributed by atoms with Crippen molar-refractivity contribution in [2.24, 2.45) is 0 Å². The number of amides is 2. The summed E-state index contributed by atoms with van der Waals surface area (Å²) in [7, 11) is 0. The molecule has 1 heterocycles. The van der Waals surface area contributed by atoms with Gasteiger partial charge in [0.1, 0.15) is 0 Å². The van der Waals surface area contributed by atoms with E-state index in [1.165, 1.54) is 0 Å². The van der Waals surface area contributed by atoms with Gasteiger partial charge in [-0.05, 0) is 25.5 Å². The molecular formula is C15H23N3O3. The lowest BCUT2D eigenvalue weighted by atomic mass is 10.1. The second-order valence-electron chi connectivity index (χ2n) is 4.87. The van der Waals surface area contributed by atoms with Gasteiger partial charge >= 0.3 is 12.0 Å². The summed E-state index contributed by atoms with van der Waals surface area (Å²) in [5, 5.41) is 11.7. The molecule has 0 aliphatic rings. The van der Waals surface area contributed by atoms with Crippen molar-refractivity contribution in [3.05, 3.63) is 30.1 Å². The van der Waals surface area contributed by atoms with Crippen LogP contribution in [-0.2, 0) is 11.3 Å². The van der Waals surface area contributed by atoms with Crippen molar-refractivity contribution in [3.8, 4) is 0 Å². The van der Waals surface area contributed by atoms with Gasteiger partial charge in [-0.25, -0.2) is 4.79 Å². The molecule has 1 aromatic rings. The van der Waals surface area contributed by atoms with Crippen molar-refractivity contribution >= 4 is 12.0 Å². The number of carboxylic acid groups (broad SMARTS) is 1. The number of pyridine rings is 1. The number of aromatic nitrogens is 1. The van der Waals surface area contributed by atoms with Crippen LogP contribution in [0.15, 0.2) is 24.4 Å². The molecule has 0 saturated carbocycles. The number of nitrogens with one attached hydrogen (secondary N) is 1. The molecule has 1 atom stereocenters. The van der Waals surface area contributed by atoms with Crippen LogP contribution in [0.3, 0.4) is 0 Å². The van der Waals surface area contributed by atoms with E-state index in [1.807, 2.05) is 32.0 Å². The third-order valence-corrected chi connectivity index (χ3v) is 3.13. The van der Waals surface area contributed by atoms with Crippen molar-refractivity contribution in [3.63, 3.8) is 0 Å². The summed E-state index contributed by atoms with van der Waals surface area (Å²) in [6.07, 6.45) is 3.11. The van der Waals surface area contributed by atoms with Gasteiger partial charge in [0.25, 0.3) is 0 Å². The molecule has 21 heavy (non-hydrogen) atoms. The third kappa shape index (κ3) is 6.25. The first kappa shape index (κ1) is 16.9. The van der Waals surface area contributed by atoms with E-state index in [0.29, 0.717) is 19.5 Å². The second kappa shape index (κ2) is 8.94. The summed E-state index contributed by atoms with van der Waals surface area (Å²) in [5.74, 6) is -0.901. The lowest BCUT2D eigenvalue weighted by Gasteiger charge is -2.24. The number of hydrogen-bond donors (Lipinski definition) is 2. The molecule has 0 spiro atoms. The Labute approximate surface area is 125 Å². The Kier molecular flexibility index (Phi) is 7.21. The maximum Gasteiger partial charge on any atom is 0.317 e. The monoisotopic (exact) mass is 293 g/mol. The van der Waals surface area contributed by atoms with Gasteiger partial charge in [0.05, 0.1) is 18.7 Å². The van der Waals surface area contributed by atoms with Crippen LogP contribution in [0.2, 0.25) is 0 Å². The molecule has 116 valence electrons. The van der Waals surface area contributed by atoms with Gasteiger partial charge in [-0.3, -0.25) is 9.78 Å². The van der Waals surface area contributed by atoms with E-state index in [4.69, 9.17) is 5.11 Å². The average Bonchev–Trinajstić information content (AvgIpc) is 2.45. The van der Waals surface area contributed by atoms with E-state index in [1.54, 1.807) is 11.1 Å². The fraction of sp³-hybridized carbons (Fsp3) is 0.533. The number of carbonyl (C=O) groups is 2. The number of nitrogens with zero attached hydrogens (tertiary/aromatic N) is 2. The van der Waals surface area contributed by atoms with Crippen molar-refractivity contribution in [2.45, 2.75) is 45.7 Å². The first-order valence-corrected chi connectivity index (χ1v) is 7.23. The number of rotatable bonds is 8. The molecule has 1 aromatic heterocycles. The van der Waals surface area contributed by atoms with Gasteiger partial charge in [0.2, 0.25) is 0 Å². The third-order valence-electron chi connectivity index (χ3n) is 3.13. The van der Waals surface area contributed by atoms with Crippen LogP contribution in [-0.4, -0.2) is 39.6 Å². The number of urea groups is 1. The highest BCUT2D eigenvalue weighted by Gasteiger charge is 2.19. The number of aliphatic carboxylic acids is 1. The smallest absolute Gasteiger partial charge is 0.317 e. The standard InChI is InChI=1S/C15H23N3O3/c1-3-7-12(10-14(19)20)17-15(21)18(4-2)11-13-8-5-6-9-16-13/h5-6,8-9,12H,3-4,7,10-11H2,1-2H3,(H,17,21)(H,19,20). The van der Waals surface area contributed by atoms with E-state index in [-0.39, 0.29) is 18.5 Å². The van der Waals surface area contributed by atoms with Gasteiger partial charge in [-0.2, -0.15) is 0 Å². The van der Waals surface area contributed by atoms with E-state index >= 15 is 0 Å². The average molecular weight is 293 g/mol. The van der Waals surface area contributed by atoms with E-state index in [2.05, 4.69) is 10.3 Å². The van der Waals surface area contributed by atoms with Gasteiger partial charge in [-0.15, -0.1) is 0 Å². The number of hydrogen-bond acceptors (Lipinski definition) is 3. The summed E-state index contributed by atoms with van der Waals surface area (Å²) in [5.41, 5.74) is 0.805. The van der Waals surface area contributed by atoms with Crippen LogP contribution in [0.4, 0.5) is 4.79 Å². The summed E-state index contributed by atoms with van der Waals surface area (Å²) >= 11 is 0. The Hall–Kier alpha value is -2.11. The second-order valence-corrected chi connectivity index (χ2v) is 4.87. The maximum atomic E-state index is 12.2. The molecule has 0 fully saturated rings. The first-order chi connectivity index (χ1) is 10.1. The molecule has 1 unspecified atom stereocenters. The highest BCUT2D eigenvalue weighted by atomic mass is 16.4. The largest absolute Gasteiger partial charge is 0.481 e. The lowest BCUT2D eigenvalue weighted by molar-refractivity contribution is -0.137. The van der Waals surface area contributed by atoms with Crippen molar-refractivity contribution in [2.75, 3.05) is 6.54 Å². The Morgan fingerprint density at radius 2 is 2.14 bits per heavy atom. The van der Waals surface area contributed by atoms with Crippen LogP contribution in [0.1, 0.15) is 38.8 Å². The summed E-state index contributed by atoms with van der Waals surface area (Å²) in [6.45, 7) is 4.80. The summed E-state index contributed by atoms with van der Waals surface area (Å²) in [4.78, 5) is 28.9. The highest BCUT2D eigenvalue weighted by molar-refractivity contribution is 5.75. The predicted octanol–water partition coefficient (Wildman–Crippen LogP) is 2.26. The zero-order chi connectivity index (χ0) is 15.7. The van der Waals surface area contributed by atoms with Crippen molar-refractivity contribution in [1.82, 2.24) is 15.2 Å². The molecule has 0 bridgehead atoms. The molecule has 6 heteroatoms. The zero-order valence-electron chi connectivity index (χ0n) is 12.6. The minimum Gasteiger partial charge on any atom is -0.481 e. The van der Waals surface area contributed by atoms with E-state index in [0.717, 1.165) is 12.1 Å². The van der Waals surface area contributed by atoms with Gasteiger partial charge in [-0.1, -0.05) is 19.4 Å². The van der Waals surface area contributed by atoms with Crippen LogP contribution in [0.5, 0.6) is 0 Å². The molecule has 2 amide bonds. The minimum atomic E-state index is -0.901. The zero-order valence-corrected chi connectivity index (χ0v) is 12.6. The predicted molar refractivity (Wildman–Crippen MR) is 79.8 cm³/mol. The van der Waals surface area contributed by atoms with Crippen LogP contribution in [0, 0.1) is 0 Å². The Morgan fingerprint density at radius 3 is 2.67 bits per heavy atom. The topological polar surface area (TPSA) is 82.5 Å². The molecule has 0 aromatic carbocycles. The molecule has 0 aliphatic carbocycles. The Balaban J connectivity index is 2.62. The SMILES string of the molecule is CCCC(CC(=O)O)NC(=O)N(CC)Cc1ccccn1. The normalized spacial score (nSPS) is 11.7. The Morgan fingerprint density at radius 1 is 1.38 bits per heavy atom. The fourth-order valence-electron chi connectivity index (χ4n) is 2.06. The maximum absolute atomic E-state index is 12.2. The molecule has 0 radical (unpaired) electrons. The summed E-state index contributed by atoms with van der Waals surface area (Å²) < 4.78 is 0. The molecule has 0 aliphatic heterocycles. The molecule has 2 N–H and O–H groups in total. The molecular weight excluding hydrogens is 270 g/mol. The minimum absolute atomic E-state index is 0.0548. The quantitative estimate of drug-likeness (QED) is 0.770. The summed E-state index contributed by atoms with van der Waals surface area (Å²) in [6, 6.07) is 4.97. The van der Waals surface area contributed by atoms with Crippen LogP contribution < -0.4 is 5.32 Å². The first-order valence-electron chi connectivity index (χ1n) is 7.23. The molecule has 0 saturated heterocycles.